The van der Waals surface area contributed by atoms with Crippen LogP contribution in [-0.2, 0) is 4.79 Å². The van der Waals surface area contributed by atoms with Gasteiger partial charge in [0, 0.05) is 21.8 Å². The monoisotopic (exact) mass is 399 g/mol. The topological polar surface area (TPSA) is 37.4 Å². The maximum atomic E-state index is 13.3. The second-order valence-corrected chi connectivity index (χ2v) is 7.23. The lowest BCUT2D eigenvalue weighted by Gasteiger charge is -2.21. The average Bonchev–Trinajstić information content (AvgIpc) is 3.06. The van der Waals surface area contributed by atoms with E-state index < -0.39 is 0 Å². The maximum absolute atomic E-state index is 13.3. The first kappa shape index (κ1) is 18.9. The van der Waals surface area contributed by atoms with Crippen LogP contribution in [0.5, 0.6) is 0 Å². The van der Waals surface area contributed by atoms with E-state index in [1.807, 2.05) is 54.6 Å². The van der Waals surface area contributed by atoms with Gasteiger partial charge in [-0.3, -0.25) is 14.5 Å². The average molecular weight is 400 g/mol. The van der Waals surface area contributed by atoms with Crippen molar-refractivity contribution in [3.63, 3.8) is 0 Å². The summed E-state index contributed by atoms with van der Waals surface area (Å²) in [4.78, 5) is 26.6. The summed E-state index contributed by atoms with van der Waals surface area (Å²) >= 11 is 5.97. The van der Waals surface area contributed by atoms with Gasteiger partial charge in [0.1, 0.15) is 0 Å². The number of halogens is 1. The van der Waals surface area contributed by atoms with Crippen molar-refractivity contribution in [1.29, 1.82) is 0 Å². The molecule has 1 aliphatic rings. The van der Waals surface area contributed by atoms with E-state index in [9.17, 15) is 9.59 Å². The molecule has 0 fully saturated rings. The predicted molar refractivity (Wildman–Crippen MR) is 118 cm³/mol. The molecular formula is C25H18ClNO2. The van der Waals surface area contributed by atoms with Gasteiger partial charge in [0.25, 0.3) is 5.91 Å². The number of ketones is 1. The Morgan fingerprint density at radius 2 is 1.55 bits per heavy atom. The molecule has 3 aromatic carbocycles. The Morgan fingerprint density at radius 1 is 0.897 bits per heavy atom. The van der Waals surface area contributed by atoms with E-state index in [1.54, 1.807) is 41.3 Å². The lowest BCUT2D eigenvalue weighted by molar-refractivity contribution is -0.113. The number of rotatable bonds is 4. The molecule has 0 spiro atoms. The van der Waals surface area contributed by atoms with Crippen molar-refractivity contribution >= 4 is 40.8 Å². The van der Waals surface area contributed by atoms with Crippen molar-refractivity contribution in [2.75, 3.05) is 4.90 Å². The molecule has 0 radical (unpaired) electrons. The molecule has 0 atom stereocenters. The Labute approximate surface area is 174 Å². The van der Waals surface area contributed by atoms with Crippen LogP contribution < -0.4 is 4.90 Å². The van der Waals surface area contributed by atoms with Gasteiger partial charge < -0.3 is 0 Å². The minimum atomic E-state index is -0.116. The van der Waals surface area contributed by atoms with E-state index in [0.29, 0.717) is 16.2 Å². The fourth-order valence-corrected chi connectivity index (χ4v) is 3.40. The molecular weight excluding hydrogens is 382 g/mol. The van der Waals surface area contributed by atoms with E-state index >= 15 is 0 Å². The highest BCUT2D eigenvalue weighted by Gasteiger charge is 2.30. The third-order valence-corrected chi connectivity index (χ3v) is 5.03. The smallest absolute Gasteiger partial charge is 0.262 e. The van der Waals surface area contributed by atoms with Crippen LogP contribution in [0.2, 0.25) is 5.02 Å². The lowest BCUT2D eigenvalue weighted by Crippen LogP contribution is -2.25. The molecule has 0 N–H and O–H groups in total. The maximum Gasteiger partial charge on any atom is 0.262 e. The van der Waals surface area contributed by atoms with Gasteiger partial charge in [-0.05, 0) is 66.6 Å². The van der Waals surface area contributed by atoms with Crippen LogP contribution in [0.1, 0.15) is 28.4 Å². The fraction of sp³-hybridized carbons (Fsp3) is 0.0400. The van der Waals surface area contributed by atoms with Gasteiger partial charge in [-0.2, -0.15) is 0 Å². The number of benzene rings is 3. The number of carbonyl (C=O) groups excluding carboxylic acids is 2. The van der Waals surface area contributed by atoms with Gasteiger partial charge >= 0.3 is 0 Å². The van der Waals surface area contributed by atoms with E-state index in [4.69, 9.17) is 11.6 Å². The fourth-order valence-electron chi connectivity index (χ4n) is 3.28. The SMILES string of the molecule is CC(=O)c1ccc(N2C(=O)/C(=C/c3ccc(Cl)cc3)C=C2c2ccccc2)cc1. The van der Waals surface area contributed by atoms with Crippen LogP contribution in [0.3, 0.4) is 0 Å². The number of nitrogens with zero attached hydrogens (tertiary/aromatic N) is 1. The van der Waals surface area contributed by atoms with Gasteiger partial charge in [-0.15, -0.1) is 0 Å². The predicted octanol–water partition coefficient (Wildman–Crippen LogP) is 6.01. The highest BCUT2D eigenvalue weighted by molar-refractivity contribution is 6.30. The van der Waals surface area contributed by atoms with Crippen LogP contribution in [0.15, 0.2) is 90.5 Å². The molecule has 142 valence electrons. The van der Waals surface area contributed by atoms with E-state index in [1.165, 1.54) is 6.92 Å². The van der Waals surface area contributed by atoms with Gasteiger partial charge in [0.05, 0.1) is 5.70 Å². The molecule has 0 saturated heterocycles. The van der Waals surface area contributed by atoms with Crippen molar-refractivity contribution in [2.45, 2.75) is 6.92 Å². The summed E-state index contributed by atoms with van der Waals surface area (Å²) in [5.41, 5.74) is 4.55. The summed E-state index contributed by atoms with van der Waals surface area (Å²) in [7, 11) is 0. The number of anilines is 1. The first-order chi connectivity index (χ1) is 14.0. The van der Waals surface area contributed by atoms with Gasteiger partial charge in [-0.25, -0.2) is 0 Å². The number of carbonyl (C=O) groups is 2. The van der Waals surface area contributed by atoms with Crippen LogP contribution in [-0.4, -0.2) is 11.7 Å². The number of Topliss-reactive ketones (excluding diaryl/α,β-unsaturated/α-hetero) is 1. The van der Waals surface area contributed by atoms with Crippen molar-refractivity contribution in [1.82, 2.24) is 0 Å². The molecule has 1 aliphatic heterocycles. The molecule has 1 amide bonds. The van der Waals surface area contributed by atoms with Crippen LogP contribution >= 0.6 is 11.6 Å². The van der Waals surface area contributed by atoms with Crippen molar-refractivity contribution in [3.05, 3.63) is 112 Å². The normalized spacial score (nSPS) is 15.0. The zero-order valence-electron chi connectivity index (χ0n) is 15.8. The third kappa shape index (κ3) is 3.91. The lowest BCUT2D eigenvalue weighted by atomic mass is 10.1. The van der Waals surface area contributed by atoms with Gasteiger partial charge in [0.2, 0.25) is 0 Å². The van der Waals surface area contributed by atoms with E-state index in [-0.39, 0.29) is 11.7 Å². The summed E-state index contributed by atoms with van der Waals surface area (Å²) in [6, 6.07) is 24.2. The summed E-state index contributed by atoms with van der Waals surface area (Å²) < 4.78 is 0. The first-order valence-electron chi connectivity index (χ1n) is 9.23. The summed E-state index contributed by atoms with van der Waals surface area (Å²) in [5, 5.41) is 0.651. The molecule has 3 nitrogen and oxygen atoms in total. The Morgan fingerprint density at radius 3 is 2.17 bits per heavy atom. The second kappa shape index (κ2) is 7.90. The second-order valence-electron chi connectivity index (χ2n) is 6.79. The molecule has 0 bridgehead atoms. The van der Waals surface area contributed by atoms with Crippen LogP contribution in [0.4, 0.5) is 5.69 Å². The summed E-state index contributed by atoms with van der Waals surface area (Å²) in [6.07, 6.45) is 3.75. The minimum absolute atomic E-state index is 0.00792. The van der Waals surface area contributed by atoms with Crippen LogP contribution in [0.25, 0.3) is 11.8 Å². The standard InChI is InChI=1S/C25H18ClNO2/c1-17(28)19-9-13-23(14-10-19)27-24(20-5-3-2-4-6-20)16-21(25(27)29)15-18-7-11-22(26)12-8-18/h2-16H,1H3/b21-15+. The Balaban J connectivity index is 1.79. The third-order valence-electron chi connectivity index (χ3n) is 4.78. The number of hydrogen-bond acceptors (Lipinski definition) is 2. The molecule has 0 aromatic heterocycles. The van der Waals surface area contributed by atoms with Gasteiger partial charge in [0.15, 0.2) is 5.78 Å². The van der Waals surface area contributed by atoms with Crippen LogP contribution in [0, 0.1) is 0 Å². The zero-order valence-corrected chi connectivity index (χ0v) is 16.6. The highest BCUT2D eigenvalue weighted by Crippen LogP contribution is 2.35. The van der Waals surface area contributed by atoms with Gasteiger partial charge in [-0.1, -0.05) is 54.1 Å². The van der Waals surface area contributed by atoms with Crippen molar-refractivity contribution < 1.29 is 9.59 Å². The first-order valence-corrected chi connectivity index (χ1v) is 9.60. The zero-order chi connectivity index (χ0) is 20.4. The molecule has 0 unspecified atom stereocenters. The molecule has 4 rings (SSSR count). The Bertz CT molecular complexity index is 1130. The molecule has 0 aliphatic carbocycles. The van der Waals surface area contributed by atoms with E-state index in [0.717, 1.165) is 22.5 Å². The molecule has 1 heterocycles. The number of hydrogen-bond donors (Lipinski definition) is 0. The number of amides is 1. The van der Waals surface area contributed by atoms with Crippen molar-refractivity contribution in [2.24, 2.45) is 0 Å². The molecule has 29 heavy (non-hydrogen) atoms. The highest BCUT2D eigenvalue weighted by atomic mass is 35.5. The quantitative estimate of drug-likeness (QED) is 0.397. The largest absolute Gasteiger partial charge is 0.295 e. The molecule has 0 saturated carbocycles. The summed E-state index contributed by atoms with van der Waals surface area (Å²) in [6.45, 7) is 1.53. The Hall–Kier alpha value is -3.43. The molecule has 3 aromatic rings. The molecule has 4 heteroatoms. The van der Waals surface area contributed by atoms with Crippen molar-refractivity contribution in [3.8, 4) is 0 Å². The Kier molecular flexibility index (Phi) is 5.15. The van der Waals surface area contributed by atoms with E-state index in [2.05, 4.69) is 0 Å². The summed E-state index contributed by atoms with van der Waals surface area (Å²) in [5.74, 6) is -0.124. The minimum Gasteiger partial charge on any atom is -0.295 e.